The molecule has 3 aromatic rings. The van der Waals surface area contributed by atoms with Crippen LogP contribution >= 0.6 is 0 Å². The third-order valence-corrected chi connectivity index (χ3v) is 4.06. The van der Waals surface area contributed by atoms with Gasteiger partial charge in [0.1, 0.15) is 0 Å². The summed E-state index contributed by atoms with van der Waals surface area (Å²) in [6.45, 7) is 3.83. The van der Waals surface area contributed by atoms with E-state index in [1.54, 1.807) is 12.1 Å². The SMILES string of the molecule is Cc1ccc(C(=O)CCC(=O)OCc2nc(-c3ccc(C)cc3)no2)cc1. The number of carbonyl (C=O) groups is 2. The monoisotopic (exact) mass is 364 g/mol. The first-order valence-corrected chi connectivity index (χ1v) is 8.66. The molecule has 0 unspecified atom stereocenters. The number of rotatable bonds is 7. The molecule has 0 aliphatic heterocycles. The molecule has 6 heteroatoms. The highest BCUT2D eigenvalue weighted by Gasteiger charge is 2.13. The summed E-state index contributed by atoms with van der Waals surface area (Å²) in [7, 11) is 0. The quantitative estimate of drug-likeness (QED) is 0.464. The zero-order chi connectivity index (χ0) is 19.2. The molecule has 2 aromatic carbocycles. The second-order valence-corrected chi connectivity index (χ2v) is 6.33. The first-order valence-electron chi connectivity index (χ1n) is 8.66. The molecule has 0 radical (unpaired) electrons. The average molecular weight is 364 g/mol. The molecule has 0 saturated carbocycles. The number of Topliss-reactive ketones (excluding diaryl/α,β-unsaturated/α-hetero) is 1. The number of ketones is 1. The maximum absolute atomic E-state index is 12.1. The maximum atomic E-state index is 12.1. The van der Waals surface area contributed by atoms with Crippen LogP contribution in [0.4, 0.5) is 0 Å². The van der Waals surface area contributed by atoms with Gasteiger partial charge in [-0.2, -0.15) is 4.98 Å². The van der Waals surface area contributed by atoms with Crippen LogP contribution in [0.3, 0.4) is 0 Å². The Hall–Kier alpha value is -3.28. The van der Waals surface area contributed by atoms with E-state index in [2.05, 4.69) is 10.1 Å². The van der Waals surface area contributed by atoms with Gasteiger partial charge in [-0.25, -0.2) is 0 Å². The largest absolute Gasteiger partial charge is 0.456 e. The van der Waals surface area contributed by atoms with Crippen LogP contribution in [0, 0.1) is 13.8 Å². The van der Waals surface area contributed by atoms with Gasteiger partial charge in [0.05, 0.1) is 6.42 Å². The molecule has 0 aliphatic rings. The number of benzene rings is 2. The van der Waals surface area contributed by atoms with Crippen molar-refractivity contribution in [2.24, 2.45) is 0 Å². The number of aromatic nitrogens is 2. The Morgan fingerprint density at radius 3 is 2.22 bits per heavy atom. The molecule has 0 atom stereocenters. The number of carbonyl (C=O) groups excluding carboxylic acids is 2. The number of ether oxygens (including phenoxy) is 1. The van der Waals surface area contributed by atoms with Crippen molar-refractivity contribution >= 4 is 11.8 Å². The molecule has 0 spiro atoms. The summed E-state index contributed by atoms with van der Waals surface area (Å²) < 4.78 is 10.2. The van der Waals surface area contributed by atoms with E-state index in [0.29, 0.717) is 11.4 Å². The lowest BCUT2D eigenvalue weighted by Crippen LogP contribution is -2.08. The van der Waals surface area contributed by atoms with Crippen molar-refractivity contribution in [1.82, 2.24) is 10.1 Å². The number of nitrogens with zero attached hydrogens (tertiary/aromatic N) is 2. The predicted molar refractivity (Wildman–Crippen MR) is 99.0 cm³/mol. The van der Waals surface area contributed by atoms with Gasteiger partial charge in [-0.05, 0) is 13.8 Å². The van der Waals surface area contributed by atoms with Crippen LogP contribution in [0.2, 0.25) is 0 Å². The van der Waals surface area contributed by atoms with Crippen LogP contribution in [-0.4, -0.2) is 21.9 Å². The highest BCUT2D eigenvalue weighted by molar-refractivity contribution is 5.97. The molecular weight excluding hydrogens is 344 g/mol. The maximum Gasteiger partial charge on any atom is 0.306 e. The van der Waals surface area contributed by atoms with Crippen molar-refractivity contribution in [1.29, 1.82) is 0 Å². The summed E-state index contributed by atoms with van der Waals surface area (Å²) in [6, 6.07) is 15.0. The second-order valence-electron chi connectivity index (χ2n) is 6.33. The number of aryl methyl sites for hydroxylation is 2. The van der Waals surface area contributed by atoms with E-state index in [1.165, 1.54) is 0 Å². The van der Waals surface area contributed by atoms with Gasteiger partial charge in [-0.1, -0.05) is 64.8 Å². The topological polar surface area (TPSA) is 82.3 Å². The zero-order valence-corrected chi connectivity index (χ0v) is 15.3. The van der Waals surface area contributed by atoms with E-state index in [9.17, 15) is 9.59 Å². The molecule has 3 rings (SSSR count). The van der Waals surface area contributed by atoms with Gasteiger partial charge in [0.2, 0.25) is 5.82 Å². The highest BCUT2D eigenvalue weighted by Crippen LogP contribution is 2.16. The van der Waals surface area contributed by atoms with Crippen LogP contribution in [0.25, 0.3) is 11.4 Å². The first kappa shape index (κ1) is 18.5. The first-order chi connectivity index (χ1) is 13.0. The minimum atomic E-state index is -0.481. The molecule has 27 heavy (non-hydrogen) atoms. The minimum Gasteiger partial charge on any atom is -0.456 e. The third-order valence-electron chi connectivity index (χ3n) is 4.06. The zero-order valence-electron chi connectivity index (χ0n) is 15.3. The Balaban J connectivity index is 1.47. The van der Waals surface area contributed by atoms with Crippen LogP contribution < -0.4 is 0 Å². The Kier molecular flexibility index (Phi) is 5.76. The van der Waals surface area contributed by atoms with Gasteiger partial charge >= 0.3 is 5.97 Å². The van der Waals surface area contributed by atoms with Gasteiger partial charge in [-0.3, -0.25) is 9.59 Å². The molecule has 0 amide bonds. The summed E-state index contributed by atoms with van der Waals surface area (Å²) >= 11 is 0. The lowest BCUT2D eigenvalue weighted by molar-refractivity contribution is -0.145. The number of hydrogen-bond donors (Lipinski definition) is 0. The molecule has 0 fully saturated rings. The smallest absolute Gasteiger partial charge is 0.306 e. The van der Waals surface area contributed by atoms with Gasteiger partial charge in [0.25, 0.3) is 5.89 Å². The van der Waals surface area contributed by atoms with E-state index in [-0.39, 0.29) is 31.1 Å². The Morgan fingerprint density at radius 2 is 1.56 bits per heavy atom. The van der Waals surface area contributed by atoms with Crippen molar-refractivity contribution in [3.8, 4) is 11.4 Å². The lowest BCUT2D eigenvalue weighted by Gasteiger charge is -2.02. The lowest BCUT2D eigenvalue weighted by atomic mass is 10.1. The third kappa shape index (κ3) is 5.10. The van der Waals surface area contributed by atoms with Crippen molar-refractivity contribution in [3.63, 3.8) is 0 Å². The molecule has 0 bridgehead atoms. The van der Waals surface area contributed by atoms with Gasteiger partial charge in [-0.15, -0.1) is 0 Å². The van der Waals surface area contributed by atoms with Gasteiger partial charge in [0.15, 0.2) is 12.4 Å². The second kappa shape index (κ2) is 8.40. The van der Waals surface area contributed by atoms with Crippen LogP contribution in [0.5, 0.6) is 0 Å². The van der Waals surface area contributed by atoms with Crippen molar-refractivity contribution in [2.75, 3.05) is 0 Å². The molecule has 1 aromatic heterocycles. The number of esters is 1. The van der Waals surface area contributed by atoms with Crippen molar-refractivity contribution in [3.05, 3.63) is 71.1 Å². The van der Waals surface area contributed by atoms with Crippen molar-refractivity contribution < 1.29 is 18.8 Å². The molecule has 138 valence electrons. The molecule has 1 heterocycles. The van der Waals surface area contributed by atoms with Crippen LogP contribution in [-0.2, 0) is 16.1 Å². The Labute approximate surface area is 157 Å². The molecule has 6 nitrogen and oxygen atoms in total. The summed E-state index contributed by atoms with van der Waals surface area (Å²) in [6.07, 6.45) is 0.103. The van der Waals surface area contributed by atoms with Gasteiger partial charge in [0, 0.05) is 17.5 Å². The summed E-state index contributed by atoms with van der Waals surface area (Å²) in [5, 5.41) is 3.88. The van der Waals surface area contributed by atoms with E-state index in [1.807, 2.05) is 50.2 Å². The average Bonchev–Trinajstić information content (AvgIpc) is 3.14. The predicted octanol–water partition coefficient (Wildman–Crippen LogP) is 4.06. The summed E-state index contributed by atoms with van der Waals surface area (Å²) in [4.78, 5) is 28.1. The van der Waals surface area contributed by atoms with Crippen LogP contribution in [0.1, 0.15) is 40.2 Å². The molecule has 0 N–H and O–H groups in total. The van der Waals surface area contributed by atoms with E-state index >= 15 is 0 Å². The summed E-state index contributed by atoms with van der Waals surface area (Å²) in [5.74, 6) is 0.0799. The van der Waals surface area contributed by atoms with Gasteiger partial charge < -0.3 is 9.26 Å². The Morgan fingerprint density at radius 1 is 0.926 bits per heavy atom. The standard InChI is InChI=1S/C21H20N2O4/c1-14-3-7-16(8-4-14)18(24)11-12-20(25)26-13-19-22-21(23-27-19)17-9-5-15(2)6-10-17/h3-10H,11-13H2,1-2H3. The molecule has 0 saturated heterocycles. The fourth-order valence-electron chi connectivity index (χ4n) is 2.45. The fraction of sp³-hybridized carbons (Fsp3) is 0.238. The van der Waals surface area contributed by atoms with Crippen LogP contribution in [0.15, 0.2) is 53.1 Å². The van der Waals surface area contributed by atoms with E-state index in [4.69, 9.17) is 9.26 Å². The van der Waals surface area contributed by atoms with E-state index < -0.39 is 5.97 Å². The number of hydrogen-bond acceptors (Lipinski definition) is 6. The normalized spacial score (nSPS) is 10.6. The molecular formula is C21H20N2O4. The molecule has 0 aliphatic carbocycles. The minimum absolute atomic E-state index is 0.00562. The summed E-state index contributed by atoms with van der Waals surface area (Å²) in [5.41, 5.74) is 3.63. The fourth-order valence-corrected chi connectivity index (χ4v) is 2.45. The Bertz CT molecular complexity index is 928. The van der Waals surface area contributed by atoms with Crippen molar-refractivity contribution in [2.45, 2.75) is 33.3 Å². The highest BCUT2D eigenvalue weighted by atomic mass is 16.6. The van der Waals surface area contributed by atoms with E-state index in [0.717, 1.165) is 16.7 Å².